The Labute approximate surface area is 181 Å². The fraction of sp³-hybridized carbons (Fsp3) is 0.333. The summed E-state index contributed by atoms with van der Waals surface area (Å²) in [6.45, 7) is 1.91. The summed E-state index contributed by atoms with van der Waals surface area (Å²) in [6.07, 6.45) is 4.97. The smallest absolute Gasteiger partial charge is 0.339 e. The maximum Gasteiger partial charge on any atom is 0.339 e. The SMILES string of the molecule is Cc1ccc(S(=O)(=O)Oc2ccc([C@@H]3O[C@@H]4CCCC[C@@H]4c4sccc43)cc2)cc1. The highest BCUT2D eigenvalue weighted by Gasteiger charge is 2.38. The van der Waals surface area contributed by atoms with Crippen molar-refractivity contribution in [3.8, 4) is 5.75 Å². The molecule has 3 atom stereocenters. The van der Waals surface area contributed by atoms with E-state index >= 15 is 0 Å². The maximum absolute atomic E-state index is 12.5. The number of thiophene rings is 1. The Morgan fingerprint density at radius 3 is 2.47 bits per heavy atom. The first-order valence-electron chi connectivity index (χ1n) is 10.4. The second kappa shape index (κ2) is 7.84. The topological polar surface area (TPSA) is 52.6 Å². The Hall–Kier alpha value is -2.15. The molecular formula is C24H24O4S2. The van der Waals surface area contributed by atoms with Crippen molar-refractivity contribution < 1.29 is 17.3 Å². The molecule has 0 N–H and O–H groups in total. The van der Waals surface area contributed by atoms with Gasteiger partial charge in [-0.25, -0.2) is 0 Å². The van der Waals surface area contributed by atoms with Crippen LogP contribution in [0, 0.1) is 6.92 Å². The van der Waals surface area contributed by atoms with Crippen LogP contribution in [0.2, 0.25) is 0 Å². The molecule has 2 aromatic carbocycles. The van der Waals surface area contributed by atoms with Gasteiger partial charge in [0.1, 0.15) is 16.7 Å². The Bertz CT molecular complexity index is 1130. The van der Waals surface area contributed by atoms with Gasteiger partial charge in [-0.15, -0.1) is 11.3 Å². The predicted molar refractivity (Wildman–Crippen MR) is 118 cm³/mol. The van der Waals surface area contributed by atoms with E-state index in [9.17, 15) is 8.42 Å². The van der Waals surface area contributed by atoms with Crippen molar-refractivity contribution >= 4 is 21.5 Å². The van der Waals surface area contributed by atoms with Gasteiger partial charge in [0.15, 0.2) is 0 Å². The number of fused-ring (bicyclic) bond motifs is 3. The van der Waals surface area contributed by atoms with Crippen LogP contribution >= 0.6 is 11.3 Å². The monoisotopic (exact) mass is 440 g/mol. The summed E-state index contributed by atoms with van der Waals surface area (Å²) < 4.78 is 37.0. The molecule has 1 saturated carbocycles. The highest BCUT2D eigenvalue weighted by atomic mass is 32.2. The Kier molecular flexibility index (Phi) is 5.17. The lowest BCUT2D eigenvalue weighted by Gasteiger charge is -2.39. The van der Waals surface area contributed by atoms with E-state index in [2.05, 4.69) is 11.4 Å². The summed E-state index contributed by atoms with van der Waals surface area (Å²) in [6, 6.07) is 16.1. The summed E-state index contributed by atoms with van der Waals surface area (Å²) in [4.78, 5) is 1.61. The zero-order chi connectivity index (χ0) is 20.7. The summed E-state index contributed by atoms with van der Waals surface area (Å²) in [5.41, 5.74) is 3.28. The molecule has 0 bridgehead atoms. The average molecular weight is 441 g/mol. The second-order valence-electron chi connectivity index (χ2n) is 8.11. The highest BCUT2D eigenvalue weighted by molar-refractivity contribution is 7.87. The van der Waals surface area contributed by atoms with E-state index in [1.54, 1.807) is 36.4 Å². The minimum Gasteiger partial charge on any atom is -0.379 e. The van der Waals surface area contributed by atoms with E-state index in [4.69, 9.17) is 8.92 Å². The molecular weight excluding hydrogens is 416 g/mol. The first-order chi connectivity index (χ1) is 14.5. The van der Waals surface area contributed by atoms with E-state index < -0.39 is 10.1 Å². The summed E-state index contributed by atoms with van der Waals surface area (Å²) >= 11 is 1.84. The molecule has 4 nitrogen and oxygen atoms in total. The van der Waals surface area contributed by atoms with Crippen molar-refractivity contribution in [2.24, 2.45) is 0 Å². The first-order valence-corrected chi connectivity index (χ1v) is 12.6. The van der Waals surface area contributed by atoms with Crippen LogP contribution in [0.15, 0.2) is 64.9 Å². The molecule has 6 heteroatoms. The summed E-state index contributed by atoms with van der Waals surface area (Å²) in [5, 5.41) is 2.16. The lowest BCUT2D eigenvalue weighted by atomic mass is 9.80. The molecule has 3 aromatic rings. The van der Waals surface area contributed by atoms with E-state index in [0.717, 1.165) is 17.5 Å². The van der Waals surface area contributed by atoms with Crippen molar-refractivity contribution in [2.75, 3.05) is 0 Å². The molecule has 0 radical (unpaired) electrons. The molecule has 1 aliphatic heterocycles. The molecule has 1 aromatic heterocycles. The summed E-state index contributed by atoms with van der Waals surface area (Å²) in [7, 11) is -3.85. The minimum atomic E-state index is -3.85. The maximum atomic E-state index is 12.5. The van der Waals surface area contributed by atoms with Gasteiger partial charge in [-0.3, -0.25) is 0 Å². The normalized spacial score (nSPS) is 23.4. The molecule has 0 spiro atoms. The minimum absolute atomic E-state index is 0.103. The third-order valence-corrected chi connectivity index (χ3v) is 8.38. The van der Waals surface area contributed by atoms with E-state index in [1.165, 1.54) is 29.7 Å². The molecule has 0 unspecified atom stereocenters. The van der Waals surface area contributed by atoms with Gasteiger partial charge in [0.2, 0.25) is 0 Å². The largest absolute Gasteiger partial charge is 0.379 e. The molecule has 156 valence electrons. The Balaban J connectivity index is 1.38. The van der Waals surface area contributed by atoms with Gasteiger partial charge < -0.3 is 8.92 Å². The van der Waals surface area contributed by atoms with Gasteiger partial charge in [0.05, 0.1) is 6.10 Å². The number of aryl methyl sites for hydroxylation is 1. The average Bonchev–Trinajstić information content (AvgIpc) is 3.24. The van der Waals surface area contributed by atoms with Crippen LogP contribution in [0.1, 0.15) is 59.3 Å². The zero-order valence-corrected chi connectivity index (χ0v) is 18.4. The van der Waals surface area contributed by atoms with Gasteiger partial charge in [-0.1, -0.05) is 42.7 Å². The van der Waals surface area contributed by atoms with Crippen molar-refractivity contribution in [3.63, 3.8) is 0 Å². The molecule has 1 fully saturated rings. The van der Waals surface area contributed by atoms with E-state index in [-0.39, 0.29) is 17.1 Å². The molecule has 0 saturated heterocycles. The molecule has 5 rings (SSSR count). The van der Waals surface area contributed by atoms with Crippen LogP contribution in [0.25, 0.3) is 0 Å². The summed E-state index contributed by atoms with van der Waals surface area (Å²) in [5.74, 6) is 0.823. The quantitative estimate of drug-likeness (QED) is 0.469. The second-order valence-corrected chi connectivity index (χ2v) is 10.6. The van der Waals surface area contributed by atoms with Crippen molar-refractivity contribution in [2.45, 2.75) is 55.6 Å². The number of benzene rings is 2. The van der Waals surface area contributed by atoms with Crippen molar-refractivity contribution in [1.29, 1.82) is 0 Å². The van der Waals surface area contributed by atoms with Gasteiger partial charge in [0.25, 0.3) is 0 Å². The van der Waals surface area contributed by atoms with Gasteiger partial charge in [-0.05, 0) is 66.6 Å². The Morgan fingerprint density at radius 1 is 0.967 bits per heavy atom. The first kappa shape index (κ1) is 19.8. The van der Waals surface area contributed by atoms with Crippen LogP contribution in [0.4, 0.5) is 0 Å². The number of hydrogen-bond acceptors (Lipinski definition) is 5. The third-order valence-electron chi connectivity index (χ3n) is 6.06. The molecule has 0 amide bonds. The molecule has 30 heavy (non-hydrogen) atoms. The van der Waals surface area contributed by atoms with Gasteiger partial charge in [0, 0.05) is 10.8 Å². The lowest BCUT2D eigenvalue weighted by Crippen LogP contribution is -2.32. The fourth-order valence-corrected chi connectivity index (χ4v) is 6.54. The standard InChI is InChI=1S/C24H24O4S2/c1-16-6-12-19(13-7-16)30(25,26)28-18-10-8-17(9-11-18)23-21-14-15-29-24(21)20-4-2-3-5-22(20)27-23/h6-15,20,22-23H,2-5H2,1H3/t20-,22+,23-/m0/s1. The predicted octanol–water partition coefficient (Wildman–Crippen LogP) is 5.97. The highest BCUT2D eigenvalue weighted by Crippen LogP contribution is 2.49. The Morgan fingerprint density at radius 2 is 1.70 bits per heavy atom. The van der Waals surface area contributed by atoms with Crippen LogP contribution in [-0.2, 0) is 14.9 Å². The van der Waals surface area contributed by atoms with E-state index in [0.29, 0.717) is 11.7 Å². The molecule has 1 aliphatic carbocycles. The van der Waals surface area contributed by atoms with Gasteiger partial charge >= 0.3 is 10.1 Å². The molecule has 2 heterocycles. The van der Waals surface area contributed by atoms with Crippen molar-refractivity contribution in [1.82, 2.24) is 0 Å². The molecule has 2 aliphatic rings. The van der Waals surface area contributed by atoms with Gasteiger partial charge in [-0.2, -0.15) is 8.42 Å². The van der Waals surface area contributed by atoms with Crippen LogP contribution < -0.4 is 4.18 Å². The van der Waals surface area contributed by atoms with E-state index in [1.807, 2.05) is 30.4 Å². The number of hydrogen-bond donors (Lipinski definition) is 0. The third kappa shape index (κ3) is 3.68. The lowest BCUT2D eigenvalue weighted by molar-refractivity contribution is -0.0374. The van der Waals surface area contributed by atoms with Crippen LogP contribution in [0.3, 0.4) is 0 Å². The van der Waals surface area contributed by atoms with Crippen LogP contribution in [0.5, 0.6) is 5.75 Å². The zero-order valence-electron chi connectivity index (χ0n) is 16.8. The number of rotatable bonds is 4. The van der Waals surface area contributed by atoms with Crippen molar-refractivity contribution in [3.05, 3.63) is 81.5 Å². The van der Waals surface area contributed by atoms with Crippen LogP contribution in [-0.4, -0.2) is 14.5 Å². The fourth-order valence-electron chi connectivity index (χ4n) is 4.49. The number of ether oxygens (including phenoxy) is 1.